The topological polar surface area (TPSA) is 231 Å². The number of nitrogens with one attached hydrogen (secondary N) is 2. The Morgan fingerprint density at radius 3 is 1.53 bits per heavy atom. The standard InChI is InChI=1S/2C10H11NO3S.2C10H15NO2S/c1-10(2,3)6-4-5-7(15-6)8(12)14-9(13)11-5;1-10(2,3)6-4-5-7(15-6)11-9(13)14-8(5)12;1-10(2,3)7-5-6(11)8(14-7)9(12)13-4;1-10(2,3)7-5-6(8(11)14-7)9(12)13-4/h2*4H,1-3H3,(H,11,13);2*5H,11H2,1-4H3. The van der Waals surface area contributed by atoms with Gasteiger partial charge in [0.05, 0.1) is 36.4 Å². The van der Waals surface area contributed by atoms with Crippen LogP contribution in [0.2, 0.25) is 0 Å². The third kappa shape index (κ3) is 12.1. The highest BCUT2D eigenvalue weighted by atomic mass is 32.1. The molecule has 14 nitrogen and oxygen atoms in total. The summed E-state index contributed by atoms with van der Waals surface area (Å²) >= 11 is 5.62. The number of ether oxygens (including phenoxy) is 2. The van der Waals surface area contributed by atoms with Crippen LogP contribution in [0.5, 0.6) is 0 Å². The van der Waals surface area contributed by atoms with Gasteiger partial charge in [0, 0.05) is 19.5 Å². The van der Waals surface area contributed by atoms with Crippen molar-refractivity contribution in [2.24, 2.45) is 0 Å². The summed E-state index contributed by atoms with van der Waals surface area (Å²) in [7, 11) is 2.72. The Labute approximate surface area is 351 Å². The highest BCUT2D eigenvalue weighted by Gasteiger charge is 2.24. The summed E-state index contributed by atoms with van der Waals surface area (Å²) in [6, 6.07) is 7.27. The molecule has 0 aromatic carbocycles. The predicted molar refractivity (Wildman–Crippen MR) is 237 cm³/mol. The van der Waals surface area contributed by atoms with E-state index in [4.69, 9.17) is 11.5 Å². The molecule has 6 aromatic heterocycles. The molecule has 316 valence electrons. The zero-order valence-corrected chi connectivity index (χ0v) is 38.4. The summed E-state index contributed by atoms with van der Waals surface area (Å²) in [5, 5.41) is 0.978. The quantitative estimate of drug-likeness (QED) is 0.120. The number of carbonyl (C=O) groups excluding carboxylic acids is 2. The molecule has 58 heavy (non-hydrogen) atoms. The number of rotatable bonds is 2. The van der Waals surface area contributed by atoms with Gasteiger partial charge in [-0.2, -0.15) is 0 Å². The molecule has 6 rings (SSSR count). The van der Waals surface area contributed by atoms with Crippen LogP contribution in [0.1, 0.15) is 123 Å². The molecule has 0 saturated carbocycles. The van der Waals surface area contributed by atoms with Gasteiger partial charge in [0.2, 0.25) is 0 Å². The van der Waals surface area contributed by atoms with Crippen molar-refractivity contribution < 1.29 is 27.9 Å². The van der Waals surface area contributed by atoms with Crippen LogP contribution in [0, 0.1) is 0 Å². The number of aromatic nitrogens is 2. The fraction of sp³-hybridized carbons (Fsp3) is 0.450. The summed E-state index contributed by atoms with van der Waals surface area (Å²) in [5.41, 5.74) is 11.8. The minimum Gasteiger partial charge on any atom is -0.465 e. The maximum atomic E-state index is 11.4. The van der Waals surface area contributed by atoms with E-state index in [0.29, 0.717) is 41.6 Å². The van der Waals surface area contributed by atoms with E-state index < -0.39 is 22.8 Å². The first-order valence-electron chi connectivity index (χ1n) is 17.8. The molecule has 0 spiro atoms. The molecule has 0 amide bonds. The molecule has 0 aliphatic carbocycles. The molecule has 0 saturated heterocycles. The number of H-pyrrole nitrogens is 2. The number of hydrogen-bond donors (Lipinski definition) is 4. The highest BCUT2D eigenvalue weighted by molar-refractivity contribution is 7.19. The molecule has 0 aliphatic rings. The first-order valence-corrected chi connectivity index (χ1v) is 21.1. The number of fused-ring (bicyclic) bond motifs is 2. The van der Waals surface area contributed by atoms with E-state index in [1.807, 2.05) is 18.2 Å². The summed E-state index contributed by atoms with van der Waals surface area (Å²) in [6.45, 7) is 24.8. The van der Waals surface area contributed by atoms with Crippen LogP contribution in [0.3, 0.4) is 0 Å². The molecule has 18 heteroatoms. The van der Waals surface area contributed by atoms with Gasteiger partial charge in [0.25, 0.3) is 0 Å². The van der Waals surface area contributed by atoms with E-state index in [2.05, 4.69) is 111 Å². The summed E-state index contributed by atoms with van der Waals surface area (Å²) in [6.07, 6.45) is 0. The summed E-state index contributed by atoms with van der Waals surface area (Å²) in [4.78, 5) is 77.6. The van der Waals surface area contributed by atoms with Crippen molar-refractivity contribution in [2.45, 2.75) is 105 Å². The van der Waals surface area contributed by atoms with Gasteiger partial charge in [0.1, 0.15) is 19.4 Å². The van der Waals surface area contributed by atoms with E-state index >= 15 is 0 Å². The zero-order valence-electron chi connectivity index (χ0n) is 35.2. The molecule has 0 atom stereocenters. The average molecular weight is 877 g/mol. The van der Waals surface area contributed by atoms with Crippen LogP contribution in [0.4, 0.5) is 10.7 Å². The van der Waals surface area contributed by atoms with E-state index in [9.17, 15) is 28.8 Å². The SMILES string of the molecule is CC(C)(C)c1cc2[nH]c(=O)oc(=O)c2s1.CC(C)(C)c1cc2c(=O)oc(=O)[nH]c2s1.COC(=O)c1cc(C(C)(C)C)sc1N.COC(=O)c1sc(C(C)(C)C)cc1N. The molecule has 0 radical (unpaired) electrons. The van der Waals surface area contributed by atoms with Crippen LogP contribution in [-0.4, -0.2) is 36.1 Å². The van der Waals surface area contributed by atoms with Crippen LogP contribution in [-0.2, 0) is 31.1 Å². The lowest BCUT2D eigenvalue weighted by molar-refractivity contribution is 0.0595. The second kappa shape index (κ2) is 18.0. The molecule has 0 bridgehead atoms. The molecule has 6 heterocycles. The number of aromatic amines is 2. The predicted octanol–water partition coefficient (Wildman–Crippen LogP) is 8.51. The number of esters is 2. The zero-order chi connectivity index (χ0) is 44.3. The third-order valence-electron chi connectivity index (χ3n) is 7.95. The van der Waals surface area contributed by atoms with E-state index in [1.165, 1.54) is 59.6 Å². The first-order chi connectivity index (χ1) is 26.5. The van der Waals surface area contributed by atoms with Crippen LogP contribution in [0.25, 0.3) is 20.4 Å². The second-order valence-electron chi connectivity index (χ2n) is 17.1. The molecule has 0 fully saturated rings. The second-order valence-corrected chi connectivity index (χ2v) is 21.3. The molecule has 6 aromatic rings. The number of carbonyl (C=O) groups is 2. The van der Waals surface area contributed by atoms with Crippen molar-refractivity contribution in [2.75, 3.05) is 25.7 Å². The maximum absolute atomic E-state index is 11.4. The van der Waals surface area contributed by atoms with Gasteiger partial charge in [-0.1, -0.05) is 83.1 Å². The lowest BCUT2D eigenvalue weighted by atomic mass is 9.94. The molecular formula is C40H52N4O10S4. The molecule has 0 unspecified atom stereocenters. The number of anilines is 2. The molecular weight excluding hydrogens is 825 g/mol. The lowest BCUT2D eigenvalue weighted by Gasteiger charge is -2.14. The van der Waals surface area contributed by atoms with Gasteiger partial charge in [-0.3, -0.25) is 9.97 Å². The number of methoxy groups -OCH3 is 2. The number of nitrogen functional groups attached to an aromatic ring is 2. The maximum Gasteiger partial charge on any atom is 0.420 e. The van der Waals surface area contributed by atoms with Gasteiger partial charge in [-0.15, -0.1) is 45.3 Å². The normalized spacial score (nSPS) is 11.8. The van der Waals surface area contributed by atoms with Crippen LogP contribution in [0.15, 0.2) is 52.3 Å². The average Bonchev–Trinajstić information content (AvgIpc) is 3.89. The summed E-state index contributed by atoms with van der Waals surface area (Å²) < 4.78 is 18.7. The number of nitrogens with two attached hydrogens (primary N) is 2. The van der Waals surface area contributed by atoms with Crippen LogP contribution >= 0.6 is 45.3 Å². The molecule has 0 aliphatic heterocycles. The Bertz CT molecular complexity index is 2460. The highest BCUT2D eigenvalue weighted by Crippen LogP contribution is 2.36. The number of hydrogen-bond acceptors (Lipinski definition) is 16. The van der Waals surface area contributed by atoms with Crippen molar-refractivity contribution in [3.8, 4) is 0 Å². The smallest absolute Gasteiger partial charge is 0.420 e. The van der Waals surface area contributed by atoms with E-state index in [1.54, 1.807) is 6.07 Å². The fourth-order valence-corrected chi connectivity index (χ4v) is 8.77. The fourth-order valence-electron chi connectivity index (χ4n) is 4.60. The van der Waals surface area contributed by atoms with Gasteiger partial charge in [-0.05, 0) is 45.9 Å². The lowest BCUT2D eigenvalue weighted by Crippen LogP contribution is -2.12. The monoisotopic (exact) mass is 876 g/mol. The van der Waals surface area contributed by atoms with Crippen molar-refractivity contribution in [3.63, 3.8) is 0 Å². The largest absolute Gasteiger partial charge is 0.465 e. The van der Waals surface area contributed by atoms with Gasteiger partial charge in [0.15, 0.2) is 0 Å². The Balaban J connectivity index is 0.000000207. The van der Waals surface area contributed by atoms with E-state index in [-0.39, 0.29) is 33.6 Å². The van der Waals surface area contributed by atoms with Gasteiger partial charge in [-0.25, -0.2) is 28.8 Å². The number of thiophene rings is 4. The van der Waals surface area contributed by atoms with Crippen molar-refractivity contribution >= 4 is 88.4 Å². The Kier molecular flexibility index (Phi) is 14.8. The first kappa shape index (κ1) is 47.6. The third-order valence-corrected chi connectivity index (χ3v) is 13.9. The Hall–Kier alpha value is -4.78. The Morgan fingerprint density at radius 2 is 1.05 bits per heavy atom. The minimum atomic E-state index is -0.703. The van der Waals surface area contributed by atoms with E-state index in [0.717, 1.165) is 19.5 Å². The van der Waals surface area contributed by atoms with Crippen molar-refractivity contribution in [1.29, 1.82) is 0 Å². The van der Waals surface area contributed by atoms with Crippen LogP contribution < -0.4 is 34.2 Å². The minimum absolute atomic E-state index is 0.0189. The van der Waals surface area contributed by atoms with Gasteiger partial charge >= 0.3 is 34.7 Å². The van der Waals surface area contributed by atoms with Gasteiger partial charge < -0.3 is 29.8 Å². The molecule has 6 N–H and O–H groups in total. The van der Waals surface area contributed by atoms with Crippen molar-refractivity contribution in [3.05, 3.63) is 96.2 Å². The Morgan fingerprint density at radius 1 is 0.586 bits per heavy atom. The van der Waals surface area contributed by atoms with Crippen molar-refractivity contribution in [1.82, 2.24) is 9.97 Å². The summed E-state index contributed by atoms with van der Waals surface area (Å²) in [5.74, 6) is -2.13.